The van der Waals surface area contributed by atoms with Crippen molar-refractivity contribution in [2.45, 2.75) is 30.7 Å². The van der Waals surface area contributed by atoms with Crippen LogP contribution < -0.4 is 10.6 Å². The van der Waals surface area contributed by atoms with E-state index in [0.717, 1.165) is 18.4 Å². The maximum Gasteiger partial charge on any atom is 0.315 e. The highest BCUT2D eigenvalue weighted by Gasteiger charge is 2.20. The third kappa shape index (κ3) is 5.19. The summed E-state index contributed by atoms with van der Waals surface area (Å²) in [4.78, 5) is 12.1. The first-order chi connectivity index (χ1) is 11.4. The van der Waals surface area contributed by atoms with Gasteiger partial charge in [-0.2, -0.15) is 4.31 Å². The molecule has 0 aliphatic carbocycles. The van der Waals surface area contributed by atoms with Crippen molar-refractivity contribution in [1.82, 2.24) is 14.9 Å². The van der Waals surface area contributed by atoms with Gasteiger partial charge in [0.15, 0.2) is 0 Å². The largest absolute Gasteiger partial charge is 0.381 e. The Balaban J connectivity index is 1.78. The number of nitrogens with one attached hydrogen (secondary N) is 2. The fourth-order valence-corrected chi connectivity index (χ4v) is 3.59. The van der Waals surface area contributed by atoms with E-state index >= 15 is 0 Å². The van der Waals surface area contributed by atoms with Gasteiger partial charge in [-0.1, -0.05) is 17.7 Å². The number of carbonyl (C=O) groups excluding carboxylic acids is 1. The molecule has 24 heavy (non-hydrogen) atoms. The Morgan fingerprint density at radius 1 is 1.25 bits per heavy atom. The first-order valence-corrected chi connectivity index (χ1v) is 9.49. The van der Waals surface area contributed by atoms with E-state index in [0.29, 0.717) is 13.2 Å². The first-order valence-electron chi connectivity index (χ1n) is 8.05. The molecule has 0 spiro atoms. The van der Waals surface area contributed by atoms with E-state index in [2.05, 4.69) is 10.6 Å². The summed E-state index contributed by atoms with van der Waals surface area (Å²) in [5.41, 5.74) is 1.00. The molecule has 1 heterocycles. The van der Waals surface area contributed by atoms with Gasteiger partial charge >= 0.3 is 6.03 Å². The third-order valence-corrected chi connectivity index (χ3v) is 5.87. The highest BCUT2D eigenvalue weighted by Crippen LogP contribution is 2.14. The summed E-state index contributed by atoms with van der Waals surface area (Å²) in [6.07, 6.45) is 1.60. The zero-order valence-electron chi connectivity index (χ0n) is 14.1. The van der Waals surface area contributed by atoms with Crippen LogP contribution in [-0.2, 0) is 14.8 Å². The number of rotatable bonds is 6. The lowest BCUT2D eigenvalue weighted by Gasteiger charge is -2.23. The van der Waals surface area contributed by atoms with Crippen molar-refractivity contribution in [2.75, 3.05) is 33.4 Å². The van der Waals surface area contributed by atoms with Crippen molar-refractivity contribution in [2.24, 2.45) is 0 Å². The molecule has 1 aromatic carbocycles. The Kier molecular flexibility index (Phi) is 6.59. The number of sulfonamides is 1. The van der Waals surface area contributed by atoms with Crippen LogP contribution in [0.1, 0.15) is 18.4 Å². The van der Waals surface area contributed by atoms with Gasteiger partial charge in [0.25, 0.3) is 0 Å². The summed E-state index contributed by atoms with van der Waals surface area (Å²) in [5, 5.41) is 5.57. The fraction of sp³-hybridized carbons (Fsp3) is 0.562. The Hall–Kier alpha value is -1.64. The number of hydrogen-bond donors (Lipinski definition) is 2. The number of likely N-dealkylation sites (N-methyl/N-ethyl adjacent to an activating group) is 1. The summed E-state index contributed by atoms with van der Waals surface area (Å²) >= 11 is 0. The van der Waals surface area contributed by atoms with Crippen LogP contribution in [0.5, 0.6) is 0 Å². The smallest absolute Gasteiger partial charge is 0.315 e. The van der Waals surface area contributed by atoms with Gasteiger partial charge in [-0.3, -0.25) is 0 Å². The summed E-state index contributed by atoms with van der Waals surface area (Å²) in [6, 6.07) is 6.55. The lowest BCUT2D eigenvalue weighted by Crippen LogP contribution is -2.46. The van der Waals surface area contributed by atoms with Crippen molar-refractivity contribution < 1.29 is 17.9 Å². The number of benzene rings is 1. The Morgan fingerprint density at radius 3 is 2.50 bits per heavy atom. The molecular formula is C16H25N3O4S. The van der Waals surface area contributed by atoms with E-state index in [1.165, 1.54) is 11.4 Å². The molecule has 2 rings (SSSR count). The molecule has 0 saturated carbocycles. The maximum atomic E-state index is 12.4. The maximum absolute atomic E-state index is 12.4. The van der Waals surface area contributed by atoms with Gasteiger partial charge in [-0.25, -0.2) is 13.2 Å². The standard InChI is InChI=1S/C16H25N3O4S/c1-13-3-5-15(6-4-13)24(21,22)19(2)10-9-17-16(20)18-14-7-11-23-12-8-14/h3-6,14H,7-12H2,1-2H3,(H2,17,18,20). The van der Waals surface area contributed by atoms with Crippen molar-refractivity contribution in [3.05, 3.63) is 29.8 Å². The number of aryl methyl sites for hydroxylation is 1. The van der Waals surface area contributed by atoms with Crippen LogP contribution in [0.15, 0.2) is 29.2 Å². The number of amides is 2. The number of hydrogen-bond acceptors (Lipinski definition) is 4. The molecule has 1 aliphatic rings. The monoisotopic (exact) mass is 355 g/mol. The zero-order chi connectivity index (χ0) is 17.6. The highest BCUT2D eigenvalue weighted by atomic mass is 32.2. The Labute approximate surface area is 143 Å². The first kappa shape index (κ1) is 18.7. The molecule has 0 atom stereocenters. The predicted molar refractivity (Wildman–Crippen MR) is 91.4 cm³/mol. The average Bonchev–Trinajstić information content (AvgIpc) is 2.56. The van der Waals surface area contributed by atoms with Gasteiger partial charge in [0.2, 0.25) is 10.0 Å². The van der Waals surface area contributed by atoms with Crippen LogP contribution in [-0.4, -0.2) is 58.1 Å². The molecule has 2 amide bonds. The zero-order valence-corrected chi connectivity index (χ0v) is 14.9. The highest BCUT2D eigenvalue weighted by molar-refractivity contribution is 7.89. The van der Waals surface area contributed by atoms with Crippen LogP contribution >= 0.6 is 0 Å². The third-order valence-electron chi connectivity index (χ3n) is 4.00. The number of ether oxygens (including phenoxy) is 1. The molecule has 0 unspecified atom stereocenters. The van der Waals surface area contributed by atoms with Gasteiger partial charge in [0.1, 0.15) is 0 Å². The molecule has 1 aromatic rings. The minimum Gasteiger partial charge on any atom is -0.381 e. The molecule has 1 fully saturated rings. The van der Waals surface area contributed by atoms with Gasteiger partial charge in [0.05, 0.1) is 4.90 Å². The average molecular weight is 355 g/mol. The summed E-state index contributed by atoms with van der Waals surface area (Å²) in [6.45, 7) is 3.67. The van der Waals surface area contributed by atoms with E-state index in [9.17, 15) is 13.2 Å². The Morgan fingerprint density at radius 2 is 1.88 bits per heavy atom. The molecule has 1 saturated heterocycles. The molecule has 0 radical (unpaired) electrons. The minimum atomic E-state index is -3.54. The van der Waals surface area contributed by atoms with Crippen molar-refractivity contribution >= 4 is 16.1 Å². The quantitative estimate of drug-likeness (QED) is 0.800. The molecule has 0 aromatic heterocycles. The van der Waals surface area contributed by atoms with E-state index in [4.69, 9.17) is 4.74 Å². The van der Waals surface area contributed by atoms with Crippen LogP contribution in [0.2, 0.25) is 0 Å². The van der Waals surface area contributed by atoms with Crippen molar-refractivity contribution in [1.29, 1.82) is 0 Å². The van der Waals surface area contributed by atoms with Crippen molar-refractivity contribution in [3.63, 3.8) is 0 Å². The molecule has 0 bridgehead atoms. The SMILES string of the molecule is Cc1ccc(S(=O)(=O)N(C)CCNC(=O)NC2CCOCC2)cc1. The van der Waals surface area contributed by atoms with E-state index in [-0.39, 0.29) is 30.1 Å². The van der Waals surface area contributed by atoms with Gasteiger partial charge in [0, 0.05) is 39.4 Å². The molecule has 134 valence electrons. The second-order valence-electron chi connectivity index (χ2n) is 5.93. The summed E-state index contributed by atoms with van der Waals surface area (Å²) in [7, 11) is -2.03. The molecule has 2 N–H and O–H groups in total. The Bertz CT molecular complexity index is 640. The number of nitrogens with zero attached hydrogens (tertiary/aromatic N) is 1. The summed E-state index contributed by atoms with van der Waals surface area (Å²) in [5.74, 6) is 0. The van der Waals surface area contributed by atoms with E-state index in [1.54, 1.807) is 24.3 Å². The second-order valence-corrected chi connectivity index (χ2v) is 7.97. The van der Waals surface area contributed by atoms with Crippen LogP contribution in [0.4, 0.5) is 4.79 Å². The van der Waals surface area contributed by atoms with E-state index < -0.39 is 10.0 Å². The molecule has 1 aliphatic heterocycles. The second kappa shape index (κ2) is 8.46. The molecule has 7 nitrogen and oxygen atoms in total. The normalized spacial score (nSPS) is 16.1. The lowest BCUT2D eigenvalue weighted by atomic mass is 10.1. The van der Waals surface area contributed by atoms with Crippen LogP contribution in [0, 0.1) is 6.92 Å². The number of urea groups is 1. The lowest BCUT2D eigenvalue weighted by molar-refractivity contribution is 0.0801. The minimum absolute atomic E-state index is 0.118. The molecular weight excluding hydrogens is 330 g/mol. The van der Waals surface area contributed by atoms with Gasteiger partial charge in [-0.05, 0) is 31.9 Å². The fourth-order valence-electron chi connectivity index (χ4n) is 2.42. The summed E-state index contributed by atoms with van der Waals surface area (Å²) < 4.78 is 31.3. The van der Waals surface area contributed by atoms with Crippen LogP contribution in [0.25, 0.3) is 0 Å². The van der Waals surface area contributed by atoms with Gasteiger partial charge < -0.3 is 15.4 Å². The van der Waals surface area contributed by atoms with Crippen LogP contribution in [0.3, 0.4) is 0 Å². The predicted octanol–water partition coefficient (Wildman–Crippen LogP) is 1.09. The number of carbonyl (C=O) groups is 1. The van der Waals surface area contributed by atoms with Gasteiger partial charge in [-0.15, -0.1) is 0 Å². The topological polar surface area (TPSA) is 87.7 Å². The molecule has 8 heteroatoms. The van der Waals surface area contributed by atoms with E-state index in [1.807, 2.05) is 6.92 Å². The van der Waals surface area contributed by atoms with Crippen molar-refractivity contribution in [3.8, 4) is 0 Å².